The molecular formula is C17H21NO2. The third-order valence-corrected chi connectivity index (χ3v) is 4.01. The van der Waals surface area contributed by atoms with Crippen molar-refractivity contribution in [2.75, 3.05) is 32.8 Å². The number of fused-ring (bicyclic) bond motifs is 1. The molecule has 0 amide bonds. The van der Waals surface area contributed by atoms with E-state index in [0.717, 1.165) is 62.0 Å². The summed E-state index contributed by atoms with van der Waals surface area (Å²) < 4.78 is 5.35. The first-order chi connectivity index (χ1) is 9.84. The van der Waals surface area contributed by atoms with Gasteiger partial charge in [0.15, 0.2) is 0 Å². The molecule has 1 aliphatic heterocycles. The van der Waals surface area contributed by atoms with E-state index in [-0.39, 0.29) is 0 Å². The fraction of sp³-hybridized carbons (Fsp3) is 0.412. The van der Waals surface area contributed by atoms with E-state index in [1.807, 2.05) is 24.3 Å². The maximum absolute atomic E-state index is 10.4. The van der Waals surface area contributed by atoms with Crippen molar-refractivity contribution in [2.24, 2.45) is 0 Å². The molecule has 20 heavy (non-hydrogen) atoms. The fourth-order valence-corrected chi connectivity index (χ4v) is 2.82. The zero-order chi connectivity index (χ0) is 13.8. The van der Waals surface area contributed by atoms with Gasteiger partial charge in [0.25, 0.3) is 0 Å². The van der Waals surface area contributed by atoms with Gasteiger partial charge in [0.05, 0.1) is 13.2 Å². The molecule has 3 heteroatoms. The smallest absolute Gasteiger partial charge is 0.126 e. The number of aryl methyl sites for hydroxylation is 1. The van der Waals surface area contributed by atoms with Crippen LogP contribution in [0.3, 0.4) is 0 Å². The van der Waals surface area contributed by atoms with E-state index < -0.39 is 0 Å². The van der Waals surface area contributed by atoms with Crippen LogP contribution in [-0.4, -0.2) is 42.9 Å². The van der Waals surface area contributed by atoms with E-state index in [0.29, 0.717) is 5.75 Å². The Morgan fingerprint density at radius 1 is 1.05 bits per heavy atom. The van der Waals surface area contributed by atoms with Crippen LogP contribution in [0.25, 0.3) is 10.8 Å². The number of aromatic hydroxyl groups is 1. The molecule has 0 bridgehead atoms. The second-order valence-electron chi connectivity index (χ2n) is 5.35. The van der Waals surface area contributed by atoms with Gasteiger partial charge in [0.2, 0.25) is 0 Å². The lowest BCUT2D eigenvalue weighted by Crippen LogP contribution is -2.36. The summed E-state index contributed by atoms with van der Waals surface area (Å²) in [6, 6.07) is 12.1. The number of rotatable bonds is 4. The second kappa shape index (κ2) is 6.25. The minimum atomic E-state index is 0.449. The van der Waals surface area contributed by atoms with E-state index in [1.165, 1.54) is 0 Å². The number of phenolic OH excluding ortho intramolecular Hbond substituents is 1. The molecular weight excluding hydrogens is 250 g/mol. The Morgan fingerprint density at radius 2 is 1.85 bits per heavy atom. The van der Waals surface area contributed by atoms with Crippen LogP contribution in [0.4, 0.5) is 0 Å². The first kappa shape index (κ1) is 13.4. The highest BCUT2D eigenvalue weighted by atomic mass is 16.5. The number of morpholine rings is 1. The minimum Gasteiger partial charge on any atom is -0.507 e. The molecule has 1 aliphatic rings. The van der Waals surface area contributed by atoms with Gasteiger partial charge in [-0.15, -0.1) is 0 Å². The van der Waals surface area contributed by atoms with Gasteiger partial charge in [-0.1, -0.05) is 36.4 Å². The van der Waals surface area contributed by atoms with Crippen molar-refractivity contribution in [1.29, 1.82) is 0 Å². The summed E-state index contributed by atoms with van der Waals surface area (Å²) in [5.41, 5.74) is 1.05. The lowest BCUT2D eigenvalue weighted by molar-refractivity contribution is 0.0374. The lowest BCUT2D eigenvalue weighted by Gasteiger charge is -2.26. The summed E-state index contributed by atoms with van der Waals surface area (Å²) in [4.78, 5) is 2.43. The topological polar surface area (TPSA) is 32.7 Å². The number of phenols is 1. The average Bonchev–Trinajstić information content (AvgIpc) is 2.51. The van der Waals surface area contributed by atoms with Crippen molar-refractivity contribution in [1.82, 2.24) is 4.90 Å². The van der Waals surface area contributed by atoms with Crippen LogP contribution in [0.2, 0.25) is 0 Å². The minimum absolute atomic E-state index is 0.449. The highest BCUT2D eigenvalue weighted by Gasteiger charge is 2.11. The summed E-state index contributed by atoms with van der Waals surface area (Å²) in [6.45, 7) is 4.84. The first-order valence-corrected chi connectivity index (χ1v) is 7.34. The Hall–Kier alpha value is -1.58. The van der Waals surface area contributed by atoms with Gasteiger partial charge in [-0.25, -0.2) is 0 Å². The molecule has 3 nitrogen and oxygen atoms in total. The zero-order valence-corrected chi connectivity index (χ0v) is 11.7. The summed E-state index contributed by atoms with van der Waals surface area (Å²) in [5, 5.41) is 12.4. The number of hydrogen-bond donors (Lipinski definition) is 1. The van der Waals surface area contributed by atoms with Gasteiger partial charge in [0, 0.05) is 18.5 Å². The van der Waals surface area contributed by atoms with Crippen molar-refractivity contribution in [3.8, 4) is 5.75 Å². The Bertz CT molecular complexity index is 576. The van der Waals surface area contributed by atoms with E-state index >= 15 is 0 Å². The Kier molecular flexibility index (Phi) is 4.19. The molecule has 3 rings (SSSR count). The SMILES string of the molecule is Oc1c(CCCN2CCOCC2)ccc2ccccc12. The number of nitrogens with zero attached hydrogens (tertiary/aromatic N) is 1. The van der Waals surface area contributed by atoms with Crippen LogP contribution in [-0.2, 0) is 11.2 Å². The molecule has 0 aliphatic carbocycles. The Morgan fingerprint density at radius 3 is 2.70 bits per heavy atom. The average molecular weight is 271 g/mol. The van der Waals surface area contributed by atoms with E-state index in [1.54, 1.807) is 0 Å². The molecule has 0 saturated carbocycles. The van der Waals surface area contributed by atoms with E-state index in [4.69, 9.17) is 4.74 Å². The van der Waals surface area contributed by atoms with Crippen molar-refractivity contribution in [2.45, 2.75) is 12.8 Å². The van der Waals surface area contributed by atoms with Crippen molar-refractivity contribution >= 4 is 10.8 Å². The van der Waals surface area contributed by atoms with Crippen LogP contribution < -0.4 is 0 Å². The second-order valence-corrected chi connectivity index (χ2v) is 5.35. The number of hydrogen-bond acceptors (Lipinski definition) is 3. The standard InChI is InChI=1S/C17H21NO2/c19-17-15(5-3-9-18-10-12-20-13-11-18)8-7-14-4-1-2-6-16(14)17/h1-2,4,6-8,19H,3,5,9-13H2. The molecule has 1 N–H and O–H groups in total. The molecule has 1 heterocycles. The van der Waals surface area contributed by atoms with Crippen molar-refractivity contribution in [3.63, 3.8) is 0 Å². The maximum atomic E-state index is 10.4. The normalized spacial score (nSPS) is 16.6. The molecule has 0 radical (unpaired) electrons. The predicted octanol–water partition coefficient (Wildman–Crippen LogP) is 2.81. The number of ether oxygens (including phenoxy) is 1. The summed E-state index contributed by atoms with van der Waals surface area (Å²) >= 11 is 0. The summed E-state index contributed by atoms with van der Waals surface area (Å²) in [7, 11) is 0. The fourth-order valence-electron chi connectivity index (χ4n) is 2.82. The maximum Gasteiger partial charge on any atom is 0.126 e. The van der Waals surface area contributed by atoms with Crippen LogP contribution in [0.1, 0.15) is 12.0 Å². The molecule has 1 fully saturated rings. The highest BCUT2D eigenvalue weighted by Crippen LogP contribution is 2.29. The largest absolute Gasteiger partial charge is 0.507 e. The van der Waals surface area contributed by atoms with E-state index in [9.17, 15) is 5.11 Å². The zero-order valence-electron chi connectivity index (χ0n) is 11.7. The van der Waals surface area contributed by atoms with Gasteiger partial charge < -0.3 is 9.84 Å². The van der Waals surface area contributed by atoms with Gasteiger partial charge in [0.1, 0.15) is 5.75 Å². The van der Waals surface area contributed by atoms with E-state index in [2.05, 4.69) is 17.0 Å². The van der Waals surface area contributed by atoms with Gasteiger partial charge in [-0.3, -0.25) is 4.90 Å². The summed E-state index contributed by atoms with van der Waals surface area (Å²) in [5.74, 6) is 0.449. The van der Waals surface area contributed by atoms with Gasteiger partial charge in [-0.05, 0) is 30.3 Å². The number of benzene rings is 2. The Balaban J connectivity index is 1.63. The highest BCUT2D eigenvalue weighted by molar-refractivity contribution is 5.89. The van der Waals surface area contributed by atoms with Crippen LogP contribution >= 0.6 is 0 Å². The quantitative estimate of drug-likeness (QED) is 0.928. The molecule has 0 unspecified atom stereocenters. The van der Waals surface area contributed by atoms with Gasteiger partial charge >= 0.3 is 0 Å². The molecule has 1 saturated heterocycles. The van der Waals surface area contributed by atoms with Crippen LogP contribution in [0.15, 0.2) is 36.4 Å². The van der Waals surface area contributed by atoms with Gasteiger partial charge in [-0.2, -0.15) is 0 Å². The van der Waals surface area contributed by atoms with Crippen molar-refractivity contribution in [3.05, 3.63) is 42.0 Å². The summed E-state index contributed by atoms with van der Waals surface area (Å²) in [6.07, 6.45) is 2.00. The lowest BCUT2D eigenvalue weighted by atomic mass is 10.0. The first-order valence-electron chi connectivity index (χ1n) is 7.34. The monoisotopic (exact) mass is 271 g/mol. The van der Waals surface area contributed by atoms with Crippen LogP contribution in [0, 0.1) is 0 Å². The predicted molar refractivity (Wildman–Crippen MR) is 81.2 cm³/mol. The molecule has 0 aromatic heterocycles. The molecule has 0 spiro atoms. The van der Waals surface area contributed by atoms with Crippen molar-refractivity contribution < 1.29 is 9.84 Å². The molecule has 2 aromatic carbocycles. The molecule has 106 valence electrons. The molecule has 2 aromatic rings. The van der Waals surface area contributed by atoms with Crippen LogP contribution in [0.5, 0.6) is 5.75 Å². The third-order valence-electron chi connectivity index (χ3n) is 4.01. The third kappa shape index (κ3) is 2.94. The Labute approximate surface area is 119 Å². The molecule has 0 atom stereocenters.